The molecule has 2 aromatic heterocycles. The van der Waals surface area contributed by atoms with Gasteiger partial charge in [0.1, 0.15) is 0 Å². The molecule has 0 unspecified atom stereocenters. The van der Waals surface area contributed by atoms with Gasteiger partial charge in [0.2, 0.25) is 0 Å². The van der Waals surface area contributed by atoms with Gasteiger partial charge in [-0.2, -0.15) is 0 Å². The maximum Gasteiger partial charge on any atom is 0.194 e. The number of rotatable bonds is 4. The van der Waals surface area contributed by atoms with E-state index in [1.165, 1.54) is 0 Å². The van der Waals surface area contributed by atoms with E-state index >= 15 is 0 Å². The Morgan fingerprint density at radius 3 is 0.818 bits per heavy atom. The first-order valence-corrected chi connectivity index (χ1v) is 21.1. The fourth-order valence-electron chi connectivity index (χ4n) is 2.91. The lowest BCUT2D eigenvalue weighted by Gasteiger charge is -2.16. The number of aromatic nitrogens is 6. The number of halogens is 12. The largest absolute Gasteiger partial charge is 0.211 e. The fraction of sp³-hybridized carbons (Fsp3) is 0.154. The smallest absolute Gasteiger partial charge is 0.194 e. The maximum absolute atomic E-state index is 4.42. The Morgan fingerprint density at radius 1 is 0.341 bits per heavy atom. The molecule has 0 aliphatic heterocycles. The molecule has 0 aliphatic rings. The molecule has 0 aliphatic carbocycles. The summed E-state index contributed by atoms with van der Waals surface area (Å²) >= 11 is 41.1. The Hall–Kier alpha value is 1.70. The SMILES string of the molecule is BrC(Br)(Br)c1nc(C=Cc2ccccc2)nc(C(Br)(Br)Br)n1.BrC(Br)(Br)c1nc(C=Cc2ccccc2)nc(C(Br)(Br)Br)n1. The molecular weight excluding hydrogens is 1360 g/mol. The van der Waals surface area contributed by atoms with Gasteiger partial charge in [-0.1, -0.05) is 264 Å². The molecule has 0 saturated carbocycles. The zero-order valence-corrected chi connectivity index (χ0v) is 40.3. The van der Waals surface area contributed by atoms with Crippen molar-refractivity contribution in [2.75, 3.05) is 0 Å². The first-order valence-electron chi connectivity index (χ1n) is 11.6. The van der Waals surface area contributed by atoms with E-state index in [1.807, 2.05) is 85.0 Å². The summed E-state index contributed by atoms with van der Waals surface area (Å²) in [7, 11) is 0. The molecule has 0 atom stereocenters. The summed E-state index contributed by atoms with van der Waals surface area (Å²) in [5.74, 6) is 3.05. The van der Waals surface area contributed by atoms with Crippen molar-refractivity contribution in [3.63, 3.8) is 0 Å². The molecule has 0 radical (unpaired) electrons. The van der Waals surface area contributed by atoms with E-state index in [2.05, 4.69) is 221 Å². The lowest BCUT2D eigenvalue weighted by atomic mass is 10.2. The highest BCUT2D eigenvalue weighted by Gasteiger charge is 2.32. The van der Waals surface area contributed by atoms with Crippen LogP contribution in [0.3, 0.4) is 0 Å². The molecule has 4 aromatic rings. The monoisotopic (exact) mass is 1360 g/mol. The summed E-state index contributed by atoms with van der Waals surface area (Å²) in [4.78, 5) is 26.5. The predicted molar refractivity (Wildman–Crippen MR) is 224 cm³/mol. The van der Waals surface area contributed by atoms with Gasteiger partial charge in [0, 0.05) is 0 Å². The number of nitrogens with zero attached hydrogens (tertiary/aromatic N) is 6. The third kappa shape index (κ3) is 13.9. The first-order chi connectivity index (χ1) is 20.3. The van der Waals surface area contributed by atoms with E-state index in [-0.39, 0.29) is 0 Å². The molecular formula is C26H14Br12N6. The summed E-state index contributed by atoms with van der Waals surface area (Å²) in [6.45, 7) is 0. The van der Waals surface area contributed by atoms with Crippen LogP contribution in [-0.2, 0) is 8.57 Å². The van der Waals surface area contributed by atoms with Crippen molar-refractivity contribution < 1.29 is 0 Å². The zero-order valence-electron chi connectivity index (χ0n) is 21.3. The Morgan fingerprint density at radius 2 is 0.591 bits per heavy atom. The molecule has 6 nitrogen and oxygen atoms in total. The van der Waals surface area contributed by atoms with Gasteiger partial charge in [-0.3, -0.25) is 0 Å². The van der Waals surface area contributed by atoms with Crippen molar-refractivity contribution in [3.05, 3.63) is 107 Å². The van der Waals surface area contributed by atoms with Gasteiger partial charge in [-0.15, -0.1) is 0 Å². The van der Waals surface area contributed by atoms with E-state index in [0.717, 1.165) is 11.1 Å². The molecule has 0 N–H and O–H groups in total. The molecule has 0 saturated heterocycles. The molecule has 0 spiro atoms. The van der Waals surface area contributed by atoms with Gasteiger partial charge in [0.25, 0.3) is 0 Å². The van der Waals surface area contributed by atoms with Gasteiger partial charge in [0.05, 0.1) is 0 Å². The van der Waals surface area contributed by atoms with E-state index in [4.69, 9.17) is 0 Å². The van der Waals surface area contributed by atoms with Crippen LogP contribution in [0.1, 0.15) is 46.1 Å². The van der Waals surface area contributed by atoms with Gasteiger partial charge < -0.3 is 0 Å². The second-order valence-corrected chi connectivity index (χ2v) is 35.2. The molecule has 2 aromatic carbocycles. The highest BCUT2D eigenvalue weighted by atomic mass is 80.0. The van der Waals surface area contributed by atoms with E-state index in [1.54, 1.807) is 0 Å². The van der Waals surface area contributed by atoms with E-state index in [0.29, 0.717) is 34.9 Å². The first kappa shape index (κ1) is 40.1. The Balaban J connectivity index is 0.000000240. The van der Waals surface area contributed by atoms with Gasteiger partial charge in [-0.25, -0.2) is 29.9 Å². The molecule has 4 rings (SSSR count). The van der Waals surface area contributed by atoms with Crippen molar-refractivity contribution in [2.24, 2.45) is 0 Å². The molecule has 0 bridgehead atoms. The number of hydrogen-bond acceptors (Lipinski definition) is 6. The normalized spacial score (nSPS) is 12.8. The van der Waals surface area contributed by atoms with Crippen LogP contribution in [0.15, 0.2) is 60.7 Å². The van der Waals surface area contributed by atoms with Crippen LogP contribution >= 0.6 is 191 Å². The summed E-state index contributed by atoms with van der Waals surface area (Å²) in [5.41, 5.74) is 2.13. The van der Waals surface area contributed by atoms with Crippen molar-refractivity contribution in [2.45, 2.75) is 8.57 Å². The Kier molecular flexibility index (Phi) is 16.0. The average Bonchev–Trinajstić information content (AvgIpc) is 2.94. The Bertz CT molecular complexity index is 1410. The van der Waals surface area contributed by atoms with Crippen LogP contribution in [0, 0.1) is 0 Å². The Labute approximate surface area is 355 Å². The van der Waals surface area contributed by atoms with Crippen LogP contribution in [0.25, 0.3) is 24.3 Å². The minimum atomic E-state index is -0.724. The van der Waals surface area contributed by atoms with E-state index < -0.39 is 8.57 Å². The molecule has 0 amide bonds. The molecule has 2 heterocycles. The number of hydrogen-bond donors (Lipinski definition) is 0. The quantitative estimate of drug-likeness (QED) is 0.190. The zero-order chi connectivity index (χ0) is 32.8. The third-order valence-corrected chi connectivity index (χ3v) is 9.02. The standard InChI is InChI=1S/2C13H7Br6N3/c2*14-12(15,16)10-20-9(21-11(22-10)13(17,18)19)7-6-8-4-2-1-3-5-8/h2*1-7H. The molecule has 18 heteroatoms. The average molecular weight is 1370 g/mol. The van der Waals surface area contributed by atoms with Crippen molar-refractivity contribution in [1.29, 1.82) is 0 Å². The van der Waals surface area contributed by atoms with Gasteiger partial charge >= 0.3 is 0 Å². The third-order valence-electron chi connectivity index (χ3n) is 4.77. The fourth-order valence-corrected chi connectivity index (χ4v) is 5.04. The van der Waals surface area contributed by atoms with Crippen molar-refractivity contribution in [1.82, 2.24) is 29.9 Å². The van der Waals surface area contributed by atoms with E-state index in [9.17, 15) is 0 Å². The van der Waals surface area contributed by atoms with Crippen LogP contribution < -0.4 is 0 Å². The molecule has 0 fully saturated rings. The summed E-state index contributed by atoms with van der Waals surface area (Å²) in [6, 6.07) is 19.9. The summed E-state index contributed by atoms with van der Waals surface area (Å²) in [6.07, 6.45) is 7.56. The lowest BCUT2D eigenvalue weighted by Crippen LogP contribution is -2.15. The lowest BCUT2D eigenvalue weighted by molar-refractivity contribution is 0.874. The highest BCUT2D eigenvalue weighted by Crippen LogP contribution is 2.47. The minimum absolute atomic E-state index is 0.493. The topological polar surface area (TPSA) is 77.3 Å². The summed E-state index contributed by atoms with van der Waals surface area (Å²) in [5, 5.41) is 0. The maximum atomic E-state index is 4.42. The van der Waals surface area contributed by atoms with Crippen molar-refractivity contribution >= 4 is 215 Å². The highest BCUT2D eigenvalue weighted by molar-refractivity contribution is 9.39. The van der Waals surface area contributed by atoms with Crippen LogP contribution in [-0.4, -0.2) is 29.9 Å². The van der Waals surface area contributed by atoms with Crippen LogP contribution in [0.5, 0.6) is 0 Å². The minimum Gasteiger partial charge on any atom is -0.211 e. The molecule has 44 heavy (non-hydrogen) atoms. The summed E-state index contributed by atoms with van der Waals surface area (Å²) < 4.78 is -2.90. The predicted octanol–water partition coefficient (Wildman–Crippen LogP) is 13.3. The van der Waals surface area contributed by atoms with Crippen LogP contribution in [0.4, 0.5) is 0 Å². The van der Waals surface area contributed by atoms with Gasteiger partial charge in [-0.05, 0) is 23.3 Å². The van der Waals surface area contributed by atoms with Gasteiger partial charge in [0.15, 0.2) is 43.5 Å². The second-order valence-electron chi connectivity index (χ2n) is 8.16. The van der Waals surface area contributed by atoms with Crippen molar-refractivity contribution in [3.8, 4) is 0 Å². The molecule has 232 valence electrons. The number of benzene rings is 2. The van der Waals surface area contributed by atoms with Crippen LogP contribution in [0.2, 0.25) is 0 Å². The number of alkyl halides is 12. The second kappa shape index (κ2) is 17.6.